The van der Waals surface area contributed by atoms with Gasteiger partial charge in [-0.05, 0) is 23.3 Å². The Balaban J connectivity index is 1.65. The predicted molar refractivity (Wildman–Crippen MR) is 124 cm³/mol. The Morgan fingerprint density at radius 3 is 2.11 bits per heavy atom. The van der Waals surface area contributed by atoms with Crippen molar-refractivity contribution in [2.45, 2.75) is 18.3 Å². The van der Waals surface area contributed by atoms with E-state index in [0.717, 1.165) is 11.1 Å². The maximum absolute atomic E-state index is 13.1. The van der Waals surface area contributed by atoms with Crippen molar-refractivity contribution in [2.75, 3.05) is 26.2 Å². The van der Waals surface area contributed by atoms with Crippen molar-refractivity contribution in [1.82, 2.24) is 20.1 Å². The van der Waals surface area contributed by atoms with Crippen molar-refractivity contribution in [3.05, 3.63) is 102 Å². The third kappa shape index (κ3) is 5.86. The number of piperazine rings is 1. The lowest BCUT2D eigenvalue weighted by Gasteiger charge is -2.45. The van der Waals surface area contributed by atoms with E-state index < -0.39 is 18.1 Å². The molecule has 1 aliphatic heterocycles. The minimum Gasteiger partial charge on any atom is -0.347 e. The summed E-state index contributed by atoms with van der Waals surface area (Å²) in [5.74, 6) is -2.25. The lowest BCUT2D eigenvalue weighted by atomic mass is 9.94. The van der Waals surface area contributed by atoms with E-state index in [-0.39, 0.29) is 25.0 Å². The third-order valence-corrected chi connectivity index (χ3v) is 6.04. The molecular weight excluding hydrogens is 457 g/mol. The lowest BCUT2D eigenvalue weighted by Crippen LogP contribution is -2.59. The molecule has 3 aromatic rings. The molecule has 1 N–H and O–H groups in total. The van der Waals surface area contributed by atoms with Gasteiger partial charge in [-0.1, -0.05) is 60.7 Å². The molecule has 1 saturated heterocycles. The van der Waals surface area contributed by atoms with Gasteiger partial charge in [0.15, 0.2) is 0 Å². The Morgan fingerprint density at radius 2 is 1.57 bits per heavy atom. The van der Waals surface area contributed by atoms with E-state index in [1.165, 1.54) is 6.20 Å². The largest absolute Gasteiger partial charge is 0.471 e. The number of nitrogens with one attached hydrogen (secondary N) is 1. The van der Waals surface area contributed by atoms with Crippen molar-refractivity contribution in [2.24, 2.45) is 0 Å². The number of pyridine rings is 1. The molecule has 0 bridgehead atoms. The molecule has 2 heterocycles. The molecule has 4 rings (SSSR count). The normalized spacial score (nSPS) is 16.8. The second kappa shape index (κ2) is 10.7. The van der Waals surface area contributed by atoms with Crippen molar-refractivity contribution in [1.29, 1.82) is 0 Å². The number of amides is 2. The van der Waals surface area contributed by atoms with E-state index >= 15 is 0 Å². The van der Waals surface area contributed by atoms with E-state index in [2.05, 4.69) is 9.88 Å². The fourth-order valence-corrected chi connectivity index (χ4v) is 4.40. The van der Waals surface area contributed by atoms with Crippen LogP contribution in [0.5, 0.6) is 0 Å². The minimum atomic E-state index is -4.98. The Morgan fingerprint density at radius 1 is 0.943 bits per heavy atom. The number of hydrogen-bond donors (Lipinski definition) is 1. The summed E-state index contributed by atoms with van der Waals surface area (Å²) in [4.78, 5) is 32.3. The summed E-state index contributed by atoms with van der Waals surface area (Å²) in [5.41, 5.74) is 2.34. The number of benzene rings is 2. The zero-order valence-electron chi connectivity index (χ0n) is 18.9. The number of alkyl halides is 3. The zero-order valence-corrected chi connectivity index (χ0v) is 18.9. The third-order valence-electron chi connectivity index (χ3n) is 6.04. The van der Waals surface area contributed by atoms with Gasteiger partial charge in [-0.2, -0.15) is 13.2 Å². The summed E-state index contributed by atoms with van der Waals surface area (Å²) >= 11 is 0. The average molecular weight is 483 g/mol. The summed E-state index contributed by atoms with van der Waals surface area (Å²) in [5, 5.41) is 2.02. The molecule has 1 aromatic heterocycles. The summed E-state index contributed by atoms with van der Waals surface area (Å²) < 4.78 is 38.8. The molecule has 1 atom stereocenters. The Labute approximate surface area is 201 Å². The standard InChI is InChI=1S/C26H25F3N4O2/c27-26(28,29)25(35)31-17-22-18-32(24(34)21-12-7-13-30-16-21)14-15-33(22)23(19-8-3-1-4-9-19)20-10-5-2-6-11-20/h1-13,16,22-23H,14-15,17-18H2,(H,31,35). The maximum atomic E-state index is 13.1. The van der Waals surface area contributed by atoms with Crippen LogP contribution in [0.1, 0.15) is 27.5 Å². The molecule has 1 unspecified atom stereocenters. The molecule has 0 saturated carbocycles. The zero-order chi connectivity index (χ0) is 24.8. The summed E-state index contributed by atoms with van der Waals surface area (Å²) in [6, 6.07) is 21.8. The molecule has 1 fully saturated rings. The van der Waals surface area contributed by atoms with Crippen LogP contribution in [0.15, 0.2) is 85.2 Å². The van der Waals surface area contributed by atoms with E-state index in [9.17, 15) is 22.8 Å². The van der Waals surface area contributed by atoms with Crippen LogP contribution in [0.25, 0.3) is 0 Å². The van der Waals surface area contributed by atoms with Gasteiger partial charge in [0.25, 0.3) is 5.91 Å². The Hall–Kier alpha value is -3.72. The highest BCUT2D eigenvalue weighted by Gasteiger charge is 2.41. The summed E-state index contributed by atoms with van der Waals surface area (Å²) in [6.07, 6.45) is -1.95. The fourth-order valence-electron chi connectivity index (χ4n) is 4.40. The summed E-state index contributed by atoms with van der Waals surface area (Å²) in [6.45, 7) is 0.688. The molecule has 35 heavy (non-hydrogen) atoms. The topological polar surface area (TPSA) is 65.5 Å². The number of hydrogen-bond acceptors (Lipinski definition) is 4. The van der Waals surface area contributed by atoms with Crippen molar-refractivity contribution in [3.63, 3.8) is 0 Å². The highest BCUT2D eigenvalue weighted by atomic mass is 19.4. The van der Waals surface area contributed by atoms with Gasteiger partial charge in [0.2, 0.25) is 0 Å². The monoisotopic (exact) mass is 482 g/mol. The molecule has 9 heteroatoms. The van der Waals surface area contributed by atoms with Crippen molar-refractivity contribution < 1.29 is 22.8 Å². The lowest BCUT2D eigenvalue weighted by molar-refractivity contribution is -0.173. The summed E-state index contributed by atoms with van der Waals surface area (Å²) in [7, 11) is 0. The number of carbonyl (C=O) groups excluding carboxylic acids is 2. The number of nitrogens with zero attached hydrogens (tertiary/aromatic N) is 3. The van der Waals surface area contributed by atoms with Crippen LogP contribution < -0.4 is 5.32 Å². The van der Waals surface area contributed by atoms with Gasteiger partial charge in [0.1, 0.15) is 0 Å². The van der Waals surface area contributed by atoms with Crippen LogP contribution >= 0.6 is 0 Å². The van der Waals surface area contributed by atoms with Gasteiger partial charge in [-0.3, -0.25) is 19.5 Å². The van der Waals surface area contributed by atoms with Crippen molar-refractivity contribution in [3.8, 4) is 0 Å². The quantitative estimate of drug-likeness (QED) is 0.582. The number of rotatable bonds is 6. The van der Waals surface area contributed by atoms with E-state index in [1.807, 2.05) is 66.0 Å². The molecule has 2 aromatic carbocycles. The van der Waals surface area contributed by atoms with Gasteiger partial charge >= 0.3 is 12.1 Å². The van der Waals surface area contributed by atoms with E-state index in [0.29, 0.717) is 18.7 Å². The van der Waals surface area contributed by atoms with Gasteiger partial charge in [-0.25, -0.2) is 0 Å². The second-order valence-corrected chi connectivity index (χ2v) is 8.32. The van der Waals surface area contributed by atoms with Crippen LogP contribution in [0.4, 0.5) is 13.2 Å². The van der Waals surface area contributed by atoms with E-state index in [1.54, 1.807) is 23.2 Å². The fraction of sp³-hybridized carbons (Fsp3) is 0.269. The van der Waals surface area contributed by atoms with Crippen LogP contribution in [-0.4, -0.2) is 65.0 Å². The Bertz CT molecular complexity index is 1090. The van der Waals surface area contributed by atoms with Gasteiger partial charge in [0.05, 0.1) is 11.6 Å². The van der Waals surface area contributed by atoms with Crippen LogP contribution in [0.2, 0.25) is 0 Å². The molecule has 0 radical (unpaired) electrons. The number of aromatic nitrogens is 1. The maximum Gasteiger partial charge on any atom is 0.471 e. The second-order valence-electron chi connectivity index (χ2n) is 8.32. The highest BCUT2D eigenvalue weighted by Crippen LogP contribution is 2.32. The van der Waals surface area contributed by atoms with E-state index in [4.69, 9.17) is 0 Å². The van der Waals surface area contributed by atoms with Gasteiger partial charge in [0, 0.05) is 44.6 Å². The highest BCUT2D eigenvalue weighted by molar-refractivity contribution is 5.94. The molecule has 182 valence electrons. The smallest absolute Gasteiger partial charge is 0.347 e. The van der Waals surface area contributed by atoms with Crippen LogP contribution in [0.3, 0.4) is 0 Å². The SMILES string of the molecule is O=C(c1cccnc1)N1CCN(C(c2ccccc2)c2ccccc2)C(CNC(=O)C(F)(F)F)C1. The Kier molecular flexibility index (Phi) is 7.45. The molecule has 0 aliphatic carbocycles. The molecule has 0 spiro atoms. The first-order valence-electron chi connectivity index (χ1n) is 11.2. The first-order valence-corrected chi connectivity index (χ1v) is 11.2. The van der Waals surface area contributed by atoms with Crippen LogP contribution in [-0.2, 0) is 4.79 Å². The van der Waals surface area contributed by atoms with Crippen LogP contribution in [0, 0.1) is 0 Å². The number of halogens is 3. The molecule has 6 nitrogen and oxygen atoms in total. The van der Waals surface area contributed by atoms with Gasteiger partial charge < -0.3 is 10.2 Å². The molecular formula is C26H25F3N4O2. The molecule has 2 amide bonds. The molecule has 1 aliphatic rings. The average Bonchev–Trinajstić information content (AvgIpc) is 2.88. The first kappa shape index (κ1) is 24.4. The predicted octanol–water partition coefficient (Wildman–Crippen LogP) is 3.68. The number of carbonyl (C=O) groups is 2. The van der Waals surface area contributed by atoms with Crippen molar-refractivity contribution >= 4 is 11.8 Å². The first-order chi connectivity index (χ1) is 16.8. The van der Waals surface area contributed by atoms with Gasteiger partial charge in [-0.15, -0.1) is 0 Å². The minimum absolute atomic E-state index is 0.155.